The molecule has 1 saturated heterocycles. The average Bonchev–Trinajstić information content (AvgIpc) is 2.78. The topological polar surface area (TPSA) is 54.5 Å². The van der Waals surface area contributed by atoms with E-state index in [9.17, 15) is 4.79 Å². The molecule has 7 heteroatoms. The lowest BCUT2D eigenvalue weighted by Crippen LogP contribution is -2.38. The Morgan fingerprint density at radius 1 is 1.32 bits per heavy atom. The highest BCUT2D eigenvalue weighted by Gasteiger charge is 2.27. The fourth-order valence-electron chi connectivity index (χ4n) is 4.50. The Morgan fingerprint density at radius 3 is 2.81 bits per heavy atom. The number of anilines is 1. The molecule has 1 aliphatic heterocycles. The van der Waals surface area contributed by atoms with Gasteiger partial charge >= 0.3 is 0 Å². The largest absolute Gasteiger partial charge is 0.502 e. The minimum Gasteiger partial charge on any atom is -0.502 e. The Bertz CT molecular complexity index is 767. The fraction of sp³-hybridized carbons (Fsp3) is 0.667. The van der Waals surface area contributed by atoms with Gasteiger partial charge in [0.15, 0.2) is 11.6 Å². The summed E-state index contributed by atoms with van der Waals surface area (Å²) in [5.74, 6) is 1.72. The molecule has 0 spiro atoms. The molecule has 5 nitrogen and oxygen atoms in total. The SMILES string of the molecule is C=C(C[C@@H]1CCCN(c2nc(SCCC)c(C(=O)NC3CCCCC3)cc2F)C1)OC. The average molecular weight is 450 g/mol. The van der Waals surface area contributed by atoms with Crippen LogP contribution in [0.2, 0.25) is 0 Å². The van der Waals surface area contributed by atoms with Crippen molar-refractivity contribution in [3.63, 3.8) is 0 Å². The Kier molecular flexibility index (Phi) is 9.05. The van der Waals surface area contributed by atoms with E-state index in [2.05, 4.69) is 23.8 Å². The van der Waals surface area contributed by atoms with Crippen molar-refractivity contribution in [2.24, 2.45) is 5.92 Å². The number of nitrogens with one attached hydrogen (secondary N) is 1. The molecule has 0 radical (unpaired) electrons. The first kappa shape index (κ1) is 23.9. The molecule has 1 N–H and O–H groups in total. The maximum Gasteiger partial charge on any atom is 0.254 e. The number of rotatable bonds is 9. The highest BCUT2D eigenvalue weighted by atomic mass is 32.2. The number of piperidine rings is 1. The van der Waals surface area contributed by atoms with Gasteiger partial charge in [0.05, 0.1) is 18.4 Å². The predicted molar refractivity (Wildman–Crippen MR) is 125 cm³/mol. The van der Waals surface area contributed by atoms with Crippen molar-refractivity contribution < 1.29 is 13.9 Å². The minimum atomic E-state index is -0.416. The highest BCUT2D eigenvalue weighted by molar-refractivity contribution is 7.99. The summed E-state index contributed by atoms with van der Waals surface area (Å²) < 4.78 is 20.4. The van der Waals surface area contributed by atoms with Crippen LogP contribution in [0.1, 0.15) is 75.1 Å². The fourth-order valence-corrected chi connectivity index (χ4v) is 5.35. The quantitative estimate of drug-likeness (QED) is 0.396. The second kappa shape index (κ2) is 11.7. The van der Waals surface area contributed by atoms with Crippen LogP contribution in [0.4, 0.5) is 10.2 Å². The van der Waals surface area contributed by atoms with Gasteiger partial charge in [0.2, 0.25) is 0 Å². The van der Waals surface area contributed by atoms with Gasteiger partial charge in [-0.1, -0.05) is 32.8 Å². The third-order valence-electron chi connectivity index (χ3n) is 6.17. The van der Waals surface area contributed by atoms with E-state index < -0.39 is 5.82 Å². The molecule has 1 aromatic heterocycles. The number of allylic oxidation sites excluding steroid dienone is 1. The third-order valence-corrected chi connectivity index (χ3v) is 7.37. The van der Waals surface area contributed by atoms with E-state index in [1.807, 2.05) is 4.90 Å². The number of halogens is 1. The lowest BCUT2D eigenvalue weighted by Gasteiger charge is -2.34. The standard InChI is InChI=1S/C24H36FN3O2S/c1-4-13-31-24-20(23(29)26-19-10-6-5-7-11-19)15-21(25)22(27-24)28-12-8-9-18(16-28)14-17(2)30-3/h15,18-19H,2,4-14,16H2,1,3H3,(H,26,29)/t18-/m0/s1. The second-order valence-corrected chi connectivity index (χ2v) is 9.79. The maximum absolute atomic E-state index is 15.2. The first-order valence-electron chi connectivity index (χ1n) is 11.6. The van der Waals surface area contributed by atoms with Crippen LogP contribution in [0, 0.1) is 11.7 Å². The van der Waals surface area contributed by atoms with Gasteiger partial charge in [0.1, 0.15) is 5.03 Å². The number of carbonyl (C=O) groups excluding carboxylic acids is 1. The zero-order chi connectivity index (χ0) is 22.2. The van der Waals surface area contributed by atoms with Crippen LogP contribution in [-0.2, 0) is 4.74 Å². The molecule has 2 fully saturated rings. The molecule has 2 heterocycles. The minimum absolute atomic E-state index is 0.185. The van der Waals surface area contributed by atoms with Gasteiger partial charge in [-0.3, -0.25) is 4.79 Å². The molecular weight excluding hydrogens is 413 g/mol. The van der Waals surface area contributed by atoms with Crippen LogP contribution in [-0.4, -0.2) is 42.9 Å². The monoisotopic (exact) mass is 449 g/mol. The molecule has 172 valence electrons. The van der Waals surface area contributed by atoms with Gasteiger partial charge in [0, 0.05) is 25.6 Å². The molecule has 0 aromatic carbocycles. The first-order valence-corrected chi connectivity index (χ1v) is 12.6. The van der Waals surface area contributed by atoms with Crippen LogP contribution in [0.3, 0.4) is 0 Å². The molecule has 1 saturated carbocycles. The number of hydrogen-bond donors (Lipinski definition) is 1. The number of amides is 1. The van der Waals surface area contributed by atoms with Crippen LogP contribution in [0.25, 0.3) is 0 Å². The summed E-state index contributed by atoms with van der Waals surface area (Å²) >= 11 is 1.54. The number of thioether (sulfide) groups is 1. The number of carbonyl (C=O) groups is 1. The summed E-state index contributed by atoms with van der Waals surface area (Å²) in [5.41, 5.74) is 0.367. The van der Waals surface area contributed by atoms with E-state index in [1.54, 1.807) is 7.11 Å². The molecule has 31 heavy (non-hydrogen) atoms. The van der Waals surface area contributed by atoms with Gasteiger partial charge in [-0.25, -0.2) is 9.37 Å². The third kappa shape index (κ3) is 6.61. The molecule has 2 aliphatic rings. The van der Waals surface area contributed by atoms with Crippen LogP contribution in [0.5, 0.6) is 0 Å². The van der Waals surface area contributed by atoms with E-state index in [-0.39, 0.29) is 11.9 Å². The van der Waals surface area contributed by atoms with Gasteiger partial charge < -0.3 is 15.0 Å². The van der Waals surface area contributed by atoms with E-state index >= 15 is 4.39 Å². The molecule has 1 aliphatic carbocycles. The van der Waals surface area contributed by atoms with Crippen molar-refractivity contribution >= 4 is 23.5 Å². The van der Waals surface area contributed by atoms with Crippen molar-refractivity contribution in [1.29, 1.82) is 0 Å². The predicted octanol–water partition coefficient (Wildman–Crippen LogP) is 5.55. The lowest BCUT2D eigenvalue weighted by atomic mass is 9.94. The summed E-state index contributed by atoms with van der Waals surface area (Å²) in [7, 11) is 1.64. The Hall–Kier alpha value is -1.76. The Morgan fingerprint density at radius 2 is 2.10 bits per heavy atom. The zero-order valence-corrected chi connectivity index (χ0v) is 19.7. The molecule has 0 bridgehead atoms. The van der Waals surface area contributed by atoms with E-state index in [0.29, 0.717) is 22.3 Å². The second-order valence-electron chi connectivity index (χ2n) is 8.70. The smallest absolute Gasteiger partial charge is 0.254 e. The summed E-state index contributed by atoms with van der Waals surface area (Å²) in [4.78, 5) is 19.7. The summed E-state index contributed by atoms with van der Waals surface area (Å²) in [6.07, 6.45) is 9.28. The molecule has 0 unspecified atom stereocenters. The van der Waals surface area contributed by atoms with E-state index in [1.165, 1.54) is 24.2 Å². The number of methoxy groups -OCH3 is 1. The first-order chi connectivity index (χ1) is 15.0. The van der Waals surface area contributed by atoms with Crippen molar-refractivity contribution in [1.82, 2.24) is 10.3 Å². The van der Waals surface area contributed by atoms with Crippen molar-refractivity contribution in [3.8, 4) is 0 Å². The number of hydrogen-bond acceptors (Lipinski definition) is 5. The zero-order valence-electron chi connectivity index (χ0n) is 18.9. The van der Waals surface area contributed by atoms with Gasteiger partial charge in [-0.15, -0.1) is 11.8 Å². The maximum atomic E-state index is 15.2. The van der Waals surface area contributed by atoms with Gasteiger partial charge in [-0.05, 0) is 49.8 Å². The molecule has 1 atom stereocenters. The number of ether oxygens (including phenoxy) is 1. The number of aromatic nitrogens is 1. The van der Waals surface area contributed by atoms with E-state index in [0.717, 1.165) is 76.0 Å². The molecular formula is C24H36FN3O2S. The van der Waals surface area contributed by atoms with Crippen LogP contribution >= 0.6 is 11.8 Å². The Labute approximate surface area is 190 Å². The summed E-state index contributed by atoms with van der Waals surface area (Å²) in [5, 5.41) is 3.75. The summed E-state index contributed by atoms with van der Waals surface area (Å²) in [6.45, 7) is 7.51. The van der Waals surface area contributed by atoms with Crippen LogP contribution in [0.15, 0.2) is 23.4 Å². The van der Waals surface area contributed by atoms with Gasteiger partial charge in [-0.2, -0.15) is 0 Å². The van der Waals surface area contributed by atoms with Crippen LogP contribution < -0.4 is 10.2 Å². The molecule has 3 rings (SSSR count). The molecule has 1 amide bonds. The normalized spacial score (nSPS) is 19.8. The Balaban J connectivity index is 1.79. The van der Waals surface area contributed by atoms with Crippen molar-refractivity contribution in [2.45, 2.75) is 75.8 Å². The highest BCUT2D eigenvalue weighted by Crippen LogP contribution is 2.32. The van der Waals surface area contributed by atoms with Gasteiger partial charge in [0.25, 0.3) is 5.91 Å². The number of pyridine rings is 1. The molecule has 1 aromatic rings. The van der Waals surface area contributed by atoms with E-state index in [4.69, 9.17) is 4.74 Å². The number of nitrogens with zero attached hydrogens (tertiary/aromatic N) is 2. The van der Waals surface area contributed by atoms with Crippen molar-refractivity contribution in [2.75, 3.05) is 30.9 Å². The van der Waals surface area contributed by atoms with Crippen molar-refractivity contribution in [3.05, 3.63) is 29.8 Å². The lowest BCUT2D eigenvalue weighted by molar-refractivity contribution is 0.0923. The summed E-state index contributed by atoms with van der Waals surface area (Å²) in [6, 6.07) is 1.58.